The first-order valence-corrected chi connectivity index (χ1v) is 3.27. The molecule has 4 heteroatoms. The fraction of sp³-hybridized carbons (Fsp3) is 0.429. The van der Waals surface area contributed by atoms with Crippen molar-refractivity contribution in [1.29, 1.82) is 0 Å². The van der Waals surface area contributed by atoms with Crippen LogP contribution in [-0.4, -0.2) is 25.4 Å². The maximum atomic E-state index is 10.7. The molecule has 0 rings (SSSR count). The Morgan fingerprint density at radius 1 is 1.55 bits per heavy atom. The van der Waals surface area contributed by atoms with Crippen LogP contribution in [0.4, 0.5) is 0 Å². The summed E-state index contributed by atoms with van der Waals surface area (Å²) >= 11 is 0. The first kappa shape index (κ1) is 9.68. The van der Waals surface area contributed by atoms with E-state index in [1.54, 1.807) is 14.0 Å². The van der Waals surface area contributed by atoms with E-state index in [-0.39, 0.29) is 6.61 Å². The van der Waals surface area contributed by atoms with Crippen LogP contribution >= 0.6 is 0 Å². The molecule has 0 aliphatic rings. The minimum Gasteiger partial charge on any atom is -0.460 e. The highest BCUT2D eigenvalue weighted by Gasteiger charge is 2.09. The fourth-order valence-electron chi connectivity index (χ4n) is 0.429. The normalized spacial score (nSPS) is 9.64. The maximum Gasteiger partial charge on any atom is 0.379 e. The number of rotatable bonds is 4. The Balaban J connectivity index is 3.83. The summed E-state index contributed by atoms with van der Waals surface area (Å²) in [6.07, 6.45) is 2.50. The van der Waals surface area contributed by atoms with Gasteiger partial charge in [0.25, 0.3) is 5.78 Å². The van der Waals surface area contributed by atoms with Crippen LogP contribution in [-0.2, 0) is 14.3 Å². The zero-order valence-electron chi connectivity index (χ0n) is 6.59. The van der Waals surface area contributed by atoms with Gasteiger partial charge in [-0.1, -0.05) is 0 Å². The summed E-state index contributed by atoms with van der Waals surface area (Å²) in [5, 5.41) is 2.59. The largest absolute Gasteiger partial charge is 0.460 e. The average Bonchev–Trinajstić information content (AvgIpc) is 2.00. The summed E-state index contributed by atoms with van der Waals surface area (Å²) in [4.78, 5) is 21.3. The van der Waals surface area contributed by atoms with Crippen LogP contribution in [0.2, 0.25) is 0 Å². The van der Waals surface area contributed by atoms with Crippen molar-refractivity contribution in [2.75, 3.05) is 13.7 Å². The second-order valence-electron chi connectivity index (χ2n) is 1.71. The molecule has 0 unspecified atom stereocenters. The topological polar surface area (TPSA) is 55.4 Å². The third kappa shape index (κ3) is 4.13. The van der Waals surface area contributed by atoms with E-state index in [0.29, 0.717) is 0 Å². The van der Waals surface area contributed by atoms with Crippen molar-refractivity contribution in [2.24, 2.45) is 0 Å². The molecule has 0 spiro atoms. The minimum absolute atomic E-state index is 0.220. The maximum absolute atomic E-state index is 10.7. The Labute approximate surface area is 65.2 Å². The van der Waals surface area contributed by atoms with Gasteiger partial charge in [0.15, 0.2) is 0 Å². The van der Waals surface area contributed by atoms with Crippen molar-refractivity contribution in [2.45, 2.75) is 6.92 Å². The van der Waals surface area contributed by atoms with Gasteiger partial charge in [-0.05, 0) is 6.92 Å². The third-order valence-corrected chi connectivity index (χ3v) is 0.878. The van der Waals surface area contributed by atoms with E-state index in [4.69, 9.17) is 0 Å². The third-order valence-electron chi connectivity index (χ3n) is 0.878. The lowest BCUT2D eigenvalue weighted by molar-refractivity contribution is -0.151. The van der Waals surface area contributed by atoms with Gasteiger partial charge in [0, 0.05) is 19.3 Å². The molecule has 0 radical (unpaired) electrons. The lowest BCUT2D eigenvalue weighted by Crippen LogP contribution is -2.15. The number of esters is 1. The van der Waals surface area contributed by atoms with E-state index in [1.807, 2.05) is 0 Å². The first-order valence-electron chi connectivity index (χ1n) is 3.27. The molecule has 4 nitrogen and oxygen atoms in total. The van der Waals surface area contributed by atoms with Gasteiger partial charge in [0.1, 0.15) is 0 Å². The smallest absolute Gasteiger partial charge is 0.379 e. The Kier molecular flexibility index (Phi) is 4.81. The zero-order valence-corrected chi connectivity index (χ0v) is 6.59. The lowest BCUT2D eigenvalue weighted by atomic mass is 10.4. The predicted molar refractivity (Wildman–Crippen MR) is 39.8 cm³/mol. The summed E-state index contributed by atoms with van der Waals surface area (Å²) in [6.45, 7) is 1.87. The van der Waals surface area contributed by atoms with Crippen LogP contribution < -0.4 is 5.32 Å². The molecule has 0 aromatic rings. The van der Waals surface area contributed by atoms with E-state index >= 15 is 0 Å². The summed E-state index contributed by atoms with van der Waals surface area (Å²) in [5.74, 6) is -1.47. The number of carbonyl (C=O) groups is 2. The molecule has 0 aromatic heterocycles. The van der Waals surface area contributed by atoms with Crippen molar-refractivity contribution in [3.63, 3.8) is 0 Å². The van der Waals surface area contributed by atoms with Crippen LogP contribution in [0.5, 0.6) is 0 Å². The van der Waals surface area contributed by atoms with E-state index in [0.717, 1.165) is 6.08 Å². The second-order valence-corrected chi connectivity index (χ2v) is 1.71. The van der Waals surface area contributed by atoms with Crippen molar-refractivity contribution >= 4 is 11.8 Å². The summed E-state index contributed by atoms with van der Waals surface area (Å²) < 4.78 is 4.43. The molecule has 0 aliphatic heterocycles. The Morgan fingerprint density at radius 2 is 2.18 bits per heavy atom. The summed E-state index contributed by atoms with van der Waals surface area (Å²) in [5.41, 5.74) is 0. The molecule has 62 valence electrons. The monoisotopic (exact) mass is 157 g/mol. The Bertz CT molecular complexity index is 175. The molecule has 0 heterocycles. The average molecular weight is 157 g/mol. The first-order chi connectivity index (χ1) is 5.22. The van der Waals surface area contributed by atoms with Gasteiger partial charge in [0.05, 0.1) is 6.61 Å². The van der Waals surface area contributed by atoms with Crippen LogP contribution in [0.1, 0.15) is 6.92 Å². The van der Waals surface area contributed by atoms with Crippen molar-refractivity contribution in [3.8, 4) is 0 Å². The number of ketones is 1. The van der Waals surface area contributed by atoms with Crippen LogP contribution in [0.25, 0.3) is 0 Å². The molecule has 0 bridgehead atoms. The molecule has 0 saturated heterocycles. The number of hydrogen-bond acceptors (Lipinski definition) is 4. The van der Waals surface area contributed by atoms with Crippen molar-refractivity contribution < 1.29 is 14.3 Å². The van der Waals surface area contributed by atoms with E-state index in [1.165, 1.54) is 6.20 Å². The molecule has 11 heavy (non-hydrogen) atoms. The van der Waals surface area contributed by atoms with Crippen molar-refractivity contribution in [3.05, 3.63) is 12.3 Å². The molecule has 1 N–H and O–H groups in total. The number of hydrogen-bond donors (Lipinski definition) is 1. The van der Waals surface area contributed by atoms with Gasteiger partial charge in [0.2, 0.25) is 0 Å². The van der Waals surface area contributed by atoms with Gasteiger partial charge >= 0.3 is 5.97 Å². The van der Waals surface area contributed by atoms with Crippen molar-refractivity contribution in [1.82, 2.24) is 5.32 Å². The van der Waals surface area contributed by atoms with Gasteiger partial charge in [-0.2, -0.15) is 0 Å². The molecule has 0 amide bonds. The zero-order chi connectivity index (χ0) is 8.69. The number of carbonyl (C=O) groups excluding carboxylic acids is 2. The predicted octanol–water partition coefficient (Wildman–Crippen LogP) is -0.148. The van der Waals surface area contributed by atoms with E-state index in [9.17, 15) is 9.59 Å². The molecule has 0 aliphatic carbocycles. The molecular formula is C7H11NO3. The number of nitrogens with one attached hydrogen (secondary N) is 1. The lowest BCUT2D eigenvalue weighted by Gasteiger charge is -1.95. The molecular weight excluding hydrogens is 146 g/mol. The van der Waals surface area contributed by atoms with Gasteiger partial charge < -0.3 is 10.1 Å². The van der Waals surface area contributed by atoms with Crippen LogP contribution in [0.15, 0.2) is 12.3 Å². The molecule has 0 fully saturated rings. The van der Waals surface area contributed by atoms with Gasteiger partial charge in [-0.3, -0.25) is 4.79 Å². The Hall–Kier alpha value is -1.32. The SMILES string of the molecule is CCOC(=O)C(=O)/C=C\NC. The van der Waals surface area contributed by atoms with E-state index < -0.39 is 11.8 Å². The Morgan fingerprint density at radius 3 is 2.64 bits per heavy atom. The highest BCUT2D eigenvalue weighted by molar-refractivity contribution is 6.38. The molecule has 0 saturated carbocycles. The highest BCUT2D eigenvalue weighted by atomic mass is 16.5. The quantitative estimate of drug-likeness (QED) is 0.350. The fourth-order valence-corrected chi connectivity index (χ4v) is 0.429. The highest BCUT2D eigenvalue weighted by Crippen LogP contribution is 1.82. The summed E-state index contributed by atoms with van der Waals surface area (Å²) in [6, 6.07) is 0. The standard InChI is InChI=1S/C7H11NO3/c1-3-11-7(10)6(9)4-5-8-2/h4-5,8H,3H2,1-2H3/b5-4-. The molecule has 0 atom stereocenters. The van der Waals surface area contributed by atoms with E-state index in [2.05, 4.69) is 10.1 Å². The molecule has 0 aromatic carbocycles. The van der Waals surface area contributed by atoms with Crippen LogP contribution in [0, 0.1) is 0 Å². The van der Waals surface area contributed by atoms with Crippen LogP contribution in [0.3, 0.4) is 0 Å². The van der Waals surface area contributed by atoms with Gasteiger partial charge in [-0.25, -0.2) is 4.79 Å². The van der Waals surface area contributed by atoms with Gasteiger partial charge in [-0.15, -0.1) is 0 Å². The number of ether oxygens (including phenoxy) is 1. The second kappa shape index (κ2) is 5.46. The summed E-state index contributed by atoms with van der Waals surface area (Å²) in [7, 11) is 1.63. The minimum atomic E-state index is -0.820.